The number of nitrogens with one attached hydrogen (secondary N) is 2. The van der Waals surface area contributed by atoms with Crippen molar-refractivity contribution in [2.75, 3.05) is 13.6 Å². The van der Waals surface area contributed by atoms with Gasteiger partial charge in [0.15, 0.2) is 0 Å². The molecule has 3 nitrogen and oxygen atoms in total. The van der Waals surface area contributed by atoms with Gasteiger partial charge in [-0.15, -0.1) is 0 Å². The Morgan fingerprint density at radius 2 is 1.93 bits per heavy atom. The molecule has 5 heteroatoms. The number of urea groups is 1. The van der Waals surface area contributed by atoms with Crippen LogP contribution in [0, 0.1) is 0 Å². The summed E-state index contributed by atoms with van der Waals surface area (Å²) in [5.74, 6) is 0. The zero-order valence-electron chi connectivity index (χ0n) is 8.31. The van der Waals surface area contributed by atoms with Crippen LogP contribution in [0.25, 0.3) is 0 Å². The lowest BCUT2D eigenvalue weighted by atomic mass is 10.1. The number of benzene rings is 1. The predicted octanol–water partition coefficient (Wildman–Crippen LogP) is 2.46. The summed E-state index contributed by atoms with van der Waals surface area (Å²) < 4.78 is 0. The molecule has 0 aliphatic carbocycles. The molecule has 0 atom stereocenters. The van der Waals surface area contributed by atoms with E-state index in [-0.39, 0.29) is 6.03 Å². The van der Waals surface area contributed by atoms with Crippen molar-refractivity contribution in [1.29, 1.82) is 0 Å². The van der Waals surface area contributed by atoms with Crippen molar-refractivity contribution >= 4 is 29.2 Å². The van der Waals surface area contributed by atoms with Gasteiger partial charge in [0.1, 0.15) is 0 Å². The lowest BCUT2D eigenvalue weighted by Crippen LogP contribution is -2.34. The van der Waals surface area contributed by atoms with Gasteiger partial charge in [-0.3, -0.25) is 0 Å². The summed E-state index contributed by atoms with van der Waals surface area (Å²) in [6.07, 6.45) is 0.617. The molecule has 1 aromatic carbocycles. The molecular formula is C10H12Cl2N2O. The highest BCUT2D eigenvalue weighted by atomic mass is 35.5. The first kappa shape index (κ1) is 12.1. The Kier molecular flexibility index (Phi) is 4.72. The lowest BCUT2D eigenvalue weighted by Gasteiger charge is -2.07. The highest BCUT2D eigenvalue weighted by Gasteiger charge is 2.05. The Labute approximate surface area is 98.8 Å². The van der Waals surface area contributed by atoms with Crippen molar-refractivity contribution in [1.82, 2.24) is 10.6 Å². The zero-order valence-corrected chi connectivity index (χ0v) is 9.82. The van der Waals surface area contributed by atoms with Crippen LogP contribution in [-0.2, 0) is 6.42 Å². The monoisotopic (exact) mass is 246 g/mol. The molecule has 0 saturated heterocycles. The summed E-state index contributed by atoms with van der Waals surface area (Å²) in [4.78, 5) is 10.9. The normalized spacial score (nSPS) is 9.80. The van der Waals surface area contributed by atoms with E-state index in [2.05, 4.69) is 10.6 Å². The fraction of sp³-hybridized carbons (Fsp3) is 0.300. The molecule has 0 spiro atoms. The van der Waals surface area contributed by atoms with E-state index in [1.165, 1.54) is 0 Å². The molecule has 0 aliphatic heterocycles. The van der Waals surface area contributed by atoms with Gasteiger partial charge in [-0.1, -0.05) is 29.3 Å². The zero-order chi connectivity index (χ0) is 11.3. The molecule has 0 heterocycles. The summed E-state index contributed by atoms with van der Waals surface area (Å²) >= 11 is 11.9. The molecular weight excluding hydrogens is 235 g/mol. The third-order valence-corrected chi connectivity index (χ3v) is 2.66. The number of hydrogen-bond donors (Lipinski definition) is 2. The van der Waals surface area contributed by atoms with E-state index in [0.29, 0.717) is 23.0 Å². The van der Waals surface area contributed by atoms with Gasteiger partial charge >= 0.3 is 6.03 Å². The average Bonchev–Trinajstić information content (AvgIpc) is 2.22. The van der Waals surface area contributed by atoms with Crippen LogP contribution >= 0.6 is 23.2 Å². The Balaban J connectivity index is 2.54. The minimum atomic E-state index is -0.210. The standard InChI is InChI=1S/C10H12Cl2N2O/c1-13-10(15)14-6-5-7-8(11)3-2-4-9(7)12/h2-4H,5-6H2,1H3,(H2,13,14,15). The van der Waals surface area contributed by atoms with Crippen molar-refractivity contribution in [3.8, 4) is 0 Å². The van der Waals surface area contributed by atoms with Crippen LogP contribution in [0.1, 0.15) is 5.56 Å². The van der Waals surface area contributed by atoms with Crippen molar-refractivity contribution in [3.63, 3.8) is 0 Å². The van der Waals surface area contributed by atoms with Gasteiger partial charge in [0.25, 0.3) is 0 Å². The van der Waals surface area contributed by atoms with E-state index in [9.17, 15) is 4.79 Å². The third kappa shape index (κ3) is 3.61. The first-order valence-electron chi connectivity index (χ1n) is 4.53. The van der Waals surface area contributed by atoms with Gasteiger partial charge in [0, 0.05) is 23.6 Å². The number of carbonyl (C=O) groups excluding carboxylic acids is 1. The van der Waals surface area contributed by atoms with Gasteiger partial charge in [0.05, 0.1) is 0 Å². The number of rotatable bonds is 3. The molecule has 0 radical (unpaired) electrons. The highest BCUT2D eigenvalue weighted by molar-refractivity contribution is 6.35. The fourth-order valence-electron chi connectivity index (χ4n) is 1.16. The SMILES string of the molecule is CNC(=O)NCCc1c(Cl)cccc1Cl. The average molecular weight is 247 g/mol. The van der Waals surface area contributed by atoms with E-state index in [1.54, 1.807) is 25.2 Å². The van der Waals surface area contributed by atoms with E-state index in [1.807, 2.05) is 0 Å². The van der Waals surface area contributed by atoms with Gasteiger partial charge in [-0.25, -0.2) is 4.79 Å². The molecule has 0 aliphatic rings. The van der Waals surface area contributed by atoms with Gasteiger partial charge in [-0.2, -0.15) is 0 Å². The smallest absolute Gasteiger partial charge is 0.314 e. The van der Waals surface area contributed by atoms with E-state index < -0.39 is 0 Å². The van der Waals surface area contributed by atoms with Crippen molar-refractivity contribution in [2.45, 2.75) is 6.42 Å². The Morgan fingerprint density at radius 3 is 2.47 bits per heavy atom. The third-order valence-electron chi connectivity index (χ3n) is 1.95. The maximum atomic E-state index is 10.9. The minimum absolute atomic E-state index is 0.210. The summed E-state index contributed by atoms with van der Waals surface area (Å²) in [6.45, 7) is 0.503. The summed E-state index contributed by atoms with van der Waals surface area (Å²) in [7, 11) is 1.57. The van der Waals surface area contributed by atoms with Crippen LogP contribution in [0.4, 0.5) is 4.79 Å². The topological polar surface area (TPSA) is 41.1 Å². The van der Waals surface area contributed by atoms with Crippen LogP contribution in [-0.4, -0.2) is 19.6 Å². The van der Waals surface area contributed by atoms with Crippen LogP contribution < -0.4 is 10.6 Å². The second kappa shape index (κ2) is 5.83. The second-order valence-corrected chi connectivity index (χ2v) is 3.77. The number of amides is 2. The van der Waals surface area contributed by atoms with Crippen LogP contribution in [0.5, 0.6) is 0 Å². The second-order valence-electron chi connectivity index (χ2n) is 2.96. The molecule has 1 rings (SSSR count). The number of hydrogen-bond acceptors (Lipinski definition) is 1. The maximum Gasteiger partial charge on any atom is 0.314 e. The van der Waals surface area contributed by atoms with E-state index in [0.717, 1.165) is 5.56 Å². The first-order chi connectivity index (χ1) is 7.15. The predicted molar refractivity (Wildman–Crippen MR) is 62.6 cm³/mol. The molecule has 82 valence electrons. The summed E-state index contributed by atoms with van der Waals surface area (Å²) in [6, 6.07) is 5.14. The molecule has 0 aromatic heterocycles. The van der Waals surface area contributed by atoms with E-state index in [4.69, 9.17) is 23.2 Å². The molecule has 1 aromatic rings. The molecule has 15 heavy (non-hydrogen) atoms. The Morgan fingerprint density at radius 1 is 1.33 bits per heavy atom. The molecule has 0 saturated carbocycles. The van der Waals surface area contributed by atoms with Crippen molar-refractivity contribution < 1.29 is 4.79 Å². The lowest BCUT2D eigenvalue weighted by molar-refractivity contribution is 0.243. The maximum absolute atomic E-state index is 10.9. The molecule has 0 fully saturated rings. The van der Waals surface area contributed by atoms with Crippen LogP contribution in [0.3, 0.4) is 0 Å². The van der Waals surface area contributed by atoms with Crippen LogP contribution in [0.15, 0.2) is 18.2 Å². The number of halogens is 2. The highest BCUT2D eigenvalue weighted by Crippen LogP contribution is 2.24. The number of carbonyl (C=O) groups is 1. The summed E-state index contributed by atoms with van der Waals surface area (Å²) in [5, 5.41) is 6.38. The van der Waals surface area contributed by atoms with Crippen molar-refractivity contribution in [2.24, 2.45) is 0 Å². The molecule has 0 unspecified atom stereocenters. The van der Waals surface area contributed by atoms with Gasteiger partial charge in [-0.05, 0) is 24.1 Å². The first-order valence-corrected chi connectivity index (χ1v) is 5.29. The largest absolute Gasteiger partial charge is 0.341 e. The van der Waals surface area contributed by atoms with Crippen LogP contribution in [0.2, 0.25) is 10.0 Å². The molecule has 2 N–H and O–H groups in total. The molecule has 0 bridgehead atoms. The quantitative estimate of drug-likeness (QED) is 0.846. The fourth-order valence-corrected chi connectivity index (χ4v) is 1.75. The minimum Gasteiger partial charge on any atom is -0.341 e. The Bertz CT molecular complexity index is 335. The summed E-state index contributed by atoms with van der Waals surface area (Å²) in [5.41, 5.74) is 0.859. The van der Waals surface area contributed by atoms with Gasteiger partial charge in [0.2, 0.25) is 0 Å². The van der Waals surface area contributed by atoms with E-state index >= 15 is 0 Å². The Hall–Kier alpha value is -0.930. The van der Waals surface area contributed by atoms with Crippen molar-refractivity contribution in [3.05, 3.63) is 33.8 Å². The van der Waals surface area contributed by atoms with Gasteiger partial charge < -0.3 is 10.6 Å². The molecule has 2 amide bonds.